The lowest BCUT2D eigenvalue weighted by Crippen LogP contribution is -2.56. The first-order valence-electron chi connectivity index (χ1n) is 5.84. The van der Waals surface area contributed by atoms with Crippen LogP contribution in [0.25, 0.3) is 0 Å². The maximum Gasteiger partial charge on any atom is 0.327 e. The maximum atomic E-state index is 11.4. The Morgan fingerprint density at radius 1 is 1.44 bits per heavy atom. The number of aryl methyl sites for hydroxylation is 1. The molecule has 1 amide bonds. The summed E-state index contributed by atoms with van der Waals surface area (Å²) in [4.78, 5) is 24.2. The summed E-state index contributed by atoms with van der Waals surface area (Å²) >= 11 is 0. The zero-order valence-corrected chi connectivity index (χ0v) is 10.2. The van der Waals surface area contributed by atoms with Crippen molar-refractivity contribution in [2.24, 2.45) is 0 Å². The minimum absolute atomic E-state index is 0.235. The second-order valence-electron chi connectivity index (χ2n) is 4.61. The molecule has 5 nitrogen and oxygen atoms in total. The molecule has 1 fully saturated rings. The molecule has 1 atom stereocenters. The molecule has 1 unspecified atom stereocenters. The molecular weight excluding hydrogens is 232 g/mol. The van der Waals surface area contributed by atoms with Crippen LogP contribution in [0.15, 0.2) is 24.3 Å². The number of piperazine rings is 1. The van der Waals surface area contributed by atoms with Gasteiger partial charge in [-0.25, -0.2) is 4.79 Å². The number of rotatable bonds is 3. The molecule has 2 rings (SSSR count). The van der Waals surface area contributed by atoms with Crippen molar-refractivity contribution >= 4 is 11.9 Å². The highest BCUT2D eigenvalue weighted by molar-refractivity contribution is 5.86. The summed E-state index contributed by atoms with van der Waals surface area (Å²) in [6, 6.07) is 7.20. The molecule has 0 aliphatic carbocycles. The van der Waals surface area contributed by atoms with E-state index in [2.05, 4.69) is 5.32 Å². The minimum atomic E-state index is -0.989. The third kappa shape index (κ3) is 3.07. The lowest BCUT2D eigenvalue weighted by Gasteiger charge is -2.30. The van der Waals surface area contributed by atoms with Crippen LogP contribution in [0.2, 0.25) is 0 Å². The third-order valence-corrected chi connectivity index (χ3v) is 2.97. The summed E-state index contributed by atoms with van der Waals surface area (Å²) in [5, 5.41) is 11.4. The Bertz CT molecular complexity index is 456. The Balaban J connectivity index is 2.02. The topological polar surface area (TPSA) is 69.6 Å². The van der Waals surface area contributed by atoms with E-state index in [4.69, 9.17) is 5.11 Å². The molecule has 0 bridgehead atoms. The lowest BCUT2D eigenvalue weighted by atomic mass is 10.1. The summed E-state index contributed by atoms with van der Waals surface area (Å²) in [5.41, 5.74) is 2.26. The SMILES string of the molecule is Cc1ccc(CN2CC(=O)NC(C(=O)O)C2)cc1. The van der Waals surface area contributed by atoms with Gasteiger partial charge in [-0.15, -0.1) is 0 Å². The van der Waals surface area contributed by atoms with Gasteiger partial charge in [0, 0.05) is 13.1 Å². The molecule has 1 aliphatic rings. The van der Waals surface area contributed by atoms with Gasteiger partial charge in [0.25, 0.3) is 0 Å². The van der Waals surface area contributed by atoms with E-state index in [1.807, 2.05) is 36.1 Å². The predicted octanol–water partition coefficient (Wildman–Crippen LogP) is 0.380. The third-order valence-electron chi connectivity index (χ3n) is 2.97. The molecule has 0 aromatic heterocycles. The van der Waals surface area contributed by atoms with Gasteiger partial charge in [0.1, 0.15) is 6.04 Å². The maximum absolute atomic E-state index is 11.4. The smallest absolute Gasteiger partial charge is 0.327 e. The Labute approximate surface area is 105 Å². The lowest BCUT2D eigenvalue weighted by molar-refractivity contribution is -0.144. The molecule has 1 heterocycles. The van der Waals surface area contributed by atoms with E-state index in [0.717, 1.165) is 5.56 Å². The van der Waals surface area contributed by atoms with Crippen molar-refractivity contribution in [3.63, 3.8) is 0 Å². The number of nitrogens with zero attached hydrogens (tertiary/aromatic N) is 1. The van der Waals surface area contributed by atoms with Crippen LogP contribution in [-0.4, -0.2) is 41.0 Å². The Hall–Kier alpha value is -1.88. The van der Waals surface area contributed by atoms with Gasteiger partial charge in [-0.3, -0.25) is 9.69 Å². The fourth-order valence-electron chi connectivity index (χ4n) is 2.02. The summed E-state index contributed by atoms with van der Waals surface area (Å²) < 4.78 is 0. The average Bonchev–Trinajstić information content (AvgIpc) is 2.31. The summed E-state index contributed by atoms with van der Waals surface area (Å²) in [6.45, 7) is 3.20. The van der Waals surface area contributed by atoms with E-state index >= 15 is 0 Å². The second kappa shape index (κ2) is 5.18. The molecule has 2 N–H and O–H groups in total. The zero-order chi connectivity index (χ0) is 13.1. The fourth-order valence-corrected chi connectivity index (χ4v) is 2.02. The highest BCUT2D eigenvalue weighted by Gasteiger charge is 2.29. The van der Waals surface area contributed by atoms with Crippen molar-refractivity contribution in [1.29, 1.82) is 0 Å². The predicted molar refractivity (Wildman–Crippen MR) is 66.0 cm³/mol. The quantitative estimate of drug-likeness (QED) is 0.811. The number of carbonyl (C=O) groups excluding carboxylic acids is 1. The number of hydrogen-bond acceptors (Lipinski definition) is 3. The van der Waals surface area contributed by atoms with Gasteiger partial charge in [0.05, 0.1) is 6.54 Å². The number of benzene rings is 1. The summed E-state index contributed by atoms with van der Waals surface area (Å²) in [5.74, 6) is -1.22. The summed E-state index contributed by atoms with van der Waals surface area (Å²) in [7, 11) is 0. The second-order valence-corrected chi connectivity index (χ2v) is 4.61. The molecule has 0 saturated carbocycles. The Morgan fingerprint density at radius 3 is 2.72 bits per heavy atom. The van der Waals surface area contributed by atoms with E-state index in [0.29, 0.717) is 13.1 Å². The van der Waals surface area contributed by atoms with Gasteiger partial charge in [0.2, 0.25) is 5.91 Å². The van der Waals surface area contributed by atoms with Gasteiger partial charge in [-0.1, -0.05) is 29.8 Å². The molecule has 1 saturated heterocycles. The van der Waals surface area contributed by atoms with E-state index < -0.39 is 12.0 Å². The monoisotopic (exact) mass is 248 g/mol. The van der Waals surface area contributed by atoms with Gasteiger partial charge in [-0.2, -0.15) is 0 Å². The van der Waals surface area contributed by atoms with Crippen molar-refractivity contribution in [1.82, 2.24) is 10.2 Å². The molecular formula is C13H16N2O3. The van der Waals surface area contributed by atoms with Gasteiger partial charge >= 0.3 is 5.97 Å². The molecule has 96 valence electrons. The fraction of sp³-hybridized carbons (Fsp3) is 0.385. The van der Waals surface area contributed by atoms with E-state index in [9.17, 15) is 9.59 Å². The van der Waals surface area contributed by atoms with Crippen LogP contribution in [0.3, 0.4) is 0 Å². The molecule has 1 aromatic rings. The van der Waals surface area contributed by atoms with Crippen LogP contribution < -0.4 is 5.32 Å². The van der Waals surface area contributed by atoms with Gasteiger partial charge in [0.15, 0.2) is 0 Å². The normalized spacial score (nSPS) is 20.5. The number of carbonyl (C=O) groups is 2. The Morgan fingerprint density at radius 2 is 2.11 bits per heavy atom. The van der Waals surface area contributed by atoms with Crippen LogP contribution in [0.4, 0.5) is 0 Å². The van der Waals surface area contributed by atoms with Crippen LogP contribution in [0, 0.1) is 6.92 Å². The van der Waals surface area contributed by atoms with Gasteiger partial charge < -0.3 is 10.4 Å². The Kier molecular flexibility index (Phi) is 3.62. The first kappa shape index (κ1) is 12.6. The standard InChI is InChI=1S/C13H16N2O3/c1-9-2-4-10(5-3-9)6-15-7-11(13(17)18)14-12(16)8-15/h2-5,11H,6-8H2,1H3,(H,14,16)(H,17,18). The van der Waals surface area contributed by atoms with E-state index in [1.54, 1.807) is 0 Å². The molecule has 5 heteroatoms. The molecule has 0 radical (unpaired) electrons. The molecule has 0 spiro atoms. The van der Waals surface area contributed by atoms with Crippen molar-refractivity contribution in [2.75, 3.05) is 13.1 Å². The van der Waals surface area contributed by atoms with Crippen LogP contribution >= 0.6 is 0 Å². The number of aliphatic carboxylic acids is 1. The first-order valence-corrected chi connectivity index (χ1v) is 5.84. The highest BCUT2D eigenvalue weighted by atomic mass is 16.4. The first-order chi connectivity index (χ1) is 8.54. The number of carboxylic acid groups (broad SMARTS) is 1. The highest BCUT2D eigenvalue weighted by Crippen LogP contribution is 2.09. The summed E-state index contributed by atoms with van der Waals surface area (Å²) in [6.07, 6.45) is 0. The van der Waals surface area contributed by atoms with Crippen LogP contribution in [0.1, 0.15) is 11.1 Å². The minimum Gasteiger partial charge on any atom is -0.480 e. The van der Waals surface area contributed by atoms with Crippen molar-refractivity contribution in [3.05, 3.63) is 35.4 Å². The van der Waals surface area contributed by atoms with Crippen molar-refractivity contribution in [2.45, 2.75) is 19.5 Å². The molecule has 1 aliphatic heterocycles. The average molecular weight is 248 g/mol. The number of amides is 1. The van der Waals surface area contributed by atoms with E-state index in [1.165, 1.54) is 5.56 Å². The largest absolute Gasteiger partial charge is 0.480 e. The molecule has 1 aromatic carbocycles. The number of hydrogen-bond donors (Lipinski definition) is 2. The van der Waals surface area contributed by atoms with Crippen LogP contribution in [0.5, 0.6) is 0 Å². The molecule has 18 heavy (non-hydrogen) atoms. The number of carboxylic acids is 1. The zero-order valence-electron chi connectivity index (χ0n) is 10.2. The number of nitrogens with one attached hydrogen (secondary N) is 1. The van der Waals surface area contributed by atoms with Crippen LogP contribution in [-0.2, 0) is 16.1 Å². The van der Waals surface area contributed by atoms with Crippen molar-refractivity contribution in [3.8, 4) is 0 Å². The van der Waals surface area contributed by atoms with E-state index in [-0.39, 0.29) is 12.5 Å². The van der Waals surface area contributed by atoms with Crippen molar-refractivity contribution < 1.29 is 14.7 Å². The van der Waals surface area contributed by atoms with Gasteiger partial charge in [-0.05, 0) is 12.5 Å².